The number of imide groups is 1. The molecule has 2 heterocycles. The van der Waals surface area contributed by atoms with Crippen LogP contribution in [0.3, 0.4) is 0 Å². The predicted molar refractivity (Wildman–Crippen MR) is 131 cm³/mol. The summed E-state index contributed by atoms with van der Waals surface area (Å²) >= 11 is 0. The van der Waals surface area contributed by atoms with Crippen molar-refractivity contribution in [1.82, 2.24) is 0 Å². The van der Waals surface area contributed by atoms with Crippen molar-refractivity contribution in [2.75, 3.05) is 16.3 Å². The molecular weight excluding hydrogens is 444 g/mol. The van der Waals surface area contributed by atoms with Crippen LogP contribution in [-0.4, -0.2) is 30.2 Å². The minimum atomic E-state index is -0.560. The van der Waals surface area contributed by atoms with E-state index in [1.54, 1.807) is 29.2 Å². The second kappa shape index (κ2) is 8.95. The van der Waals surface area contributed by atoms with Gasteiger partial charge in [-0.25, -0.2) is 0 Å². The first-order valence-corrected chi connectivity index (χ1v) is 12.3. The molecule has 2 aromatic rings. The van der Waals surface area contributed by atoms with Gasteiger partial charge < -0.3 is 9.64 Å². The van der Waals surface area contributed by atoms with E-state index in [1.807, 2.05) is 32.0 Å². The number of aryl methyl sites for hydroxylation is 2. The average Bonchev–Trinajstić information content (AvgIpc) is 3.31. The number of ether oxygens (including phenoxy) is 1. The van der Waals surface area contributed by atoms with Crippen LogP contribution < -0.4 is 14.5 Å². The molecule has 3 fully saturated rings. The maximum Gasteiger partial charge on any atom is 0.316 e. The average molecular weight is 475 g/mol. The summed E-state index contributed by atoms with van der Waals surface area (Å²) in [6.07, 6.45) is 2.57. The van der Waals surface area contributed by atoms with E-state index in [2.05, 4.69) is 6.92 Å². The number of hydrogen-bond donors (Lipinski definition) is 0. The van der Waals surface area contributed by atoms with Crippen molar-refractivity contribution in [3.8, 4) is 5.75 Å². The van der Waals surface area contributed by atoms with Crippen molar-refractivity contribution in [1.29, 1.82) is 0 Å². The van der Waals surface area contributed by atoms with Crippen molar-refractivity contribution < 1.29 is 23.9 Å². The molecule has 0 bridgehead atoms. The summed E-state index contributed by atoms with van der Waals surface area (Å²) in [4.78, 5) is 54.2. The lowest BCUT2D eigenvalue weighted by molar-refractivity contribution is -0.139. The highest BCUT2D eigenvalue weighted by molar-refractivity contribution is 6.22. The zero-order valence-corrected chi connectivity index (χ0v) is 20.3. The number of hydrogen-bond acceptors (Lipinski definition) is 5. The number of carbonyl (C=O) groups is 4. The fraction of sp³-hybridized carbons (Fsp3) is 0.429. The molecule has 0 aromatic heterocycles. The Morgan fingerprint density at radius 2 is 1.54 bits per heavy atom. The van der Waals surface area contributed by atoms with E-state index in [9.17, 15) is 19.2 Å². The number of fused-ring (bicyclic) bond motifs is 1. The SMILES string of the molecule is Cc1cc(C)cc(N2C[C@H](C(=O)Oc3ccc(N4C(=O)[C@@H]5CC[C@H](C)C[C@H]5C4=O)cc3)CC2=O)c1. The molecule has 7 nitrogen and oxygen atoms in total. The van der Waals surface area contributed by atoms with Crippen LogP contribution in [0.2, 0.25) is 0 Å². The number of rotatable bonds is 4. The van der Waals surface area contributed by atoms with Gasteiger partial charge in [0.1, 0.15) is 5.75 Å². The summed E-state index contributed by atoms with van der Waals surface area (Å²) in [7, 11) is 0. The smallest absolute Gasteiger partial charge is 0.316 e. The van der Waals surface area contributed by atoms with Gasteiger partial charge in [-0.15, -0.1) is 0 Å². The van der Waals surface area contributed by atoms with Gasteiger partial charge in [-0.05, 0) is 86.6 Å². The first-order valence-electron chi connectivity index (χ1n) is 12.3. The Balaban J connectivity index is 1.25. The van der Waals surface area contributed by atoms with E-state index in [0.717, 1.165) is 36.1 Å². The molecule has 2 aromatic carbocycles. The Labute approximate surface area is 205 Å². The summed E-state index contributed by atoms with van der Waals surface area (Å²) in [6, 6.07) is 12.4. The molecule has 1 saturated carbocycles. The lowest BCUT2D eigenvalue weighted by Gasteiger charge is -2.25. The molecule has 0 N–H and O–H groups in total. The van der Waals surface area contributed by atoms with E-state index in [0.29, 0.717) is 17.4 Å². The van der Waals surface area contributed by atoms with Gasteiger partial charge in [0.05, 0.1) is 23.4 Å². The lowest BCUT2D eigenvalue weighted by atomic mass is 9.76. The molecular formula is C28H30N2O5. The molecule has 0 radical (unpaired) electrons. The summed E-state index contributed by atoms with van der Waals surface area (Å²) in [6.45, 7) is 6.35. The lowest BCUT2D eigenvalue weighted by Crippen LogP contribution is -2.30. The number of amides is 3. The molecule has 3 amide bonds. The van der Waals surface area contributed by atoms with Crippen LogP contribution in [0.5, 0.6) is 5.75 Å². The van der Waals surface area contributed by atoms with Crippen LogP contribution >= 0.6 is 0 Å². The minimum absolute atomic E-state index is 0.0991. The number of nitrogens with zero attached hydrogens (tertiary/aromatic N) is 2. The molecule has 35 heavy (non-hydrogen) atoms. The Morgan fingerprint density at radius 3 is 2.23 bits per heavy atom. The first-order chi connectivity index (χ1) is 16.7. The number of anilines is 2. The Morgan fingerprint density at radius 1 is 0.886 bits per heavy atom. The van der Waals surface area contributed by atoms with Gasteiger partial charge in [0, 0.05) is 18.7 Å². The van der Waals surface area contributed by atoms with Crippen LogP contribution in [0.1, 0.15) is 43.7 Å². The van der Waals surface area contributed by atoms with E-state index in [-0.39, 0.29) is 42.5 Å². The van der Waals surface area contributed by atoms with Gasteiger partial charge in [0.15, 0.2) is 0 Å². The summed E-state index contributed by atoms with van der Waals surface area (Å²) in [5.74, 6) is -1.08. The van der Waals surface area contributed by atoms with Crippen LogP contribution in [0.25, 0.3) is 0 Å². The second-order valence-corrected chi connectivity index (χ2v) is 10.3. The van der Waals surface area contributed by atoms with Crippen LogP contribution in [-0.2, 0) is 19.2 Å². The summed E-state index contributed by atoms with van der Waals surface area (Å²) in [5.41, 5.74) is 3.41. The van der Waals surface area contributed by atoms with E-state index >= 15 is 0 Å². The van der Waals surface area contributed by atoms with Crippen molar-refractivity contribution in [3.05, 3.63) is 53.6 Å². The van der Waals surface area contributed by atoms with Crippen LogP contribution in [0.15, 0.2) is 42.5 Å². The minimum Gasteiger partial charge on any atom is -0.426 e. The number of carbonyl (C=O) groups excluding carboxylic acids is 4. The molecule has 5 rings (SSSR count). The largest absolute Gasteiger partial charge is 0.426 e. The maximum absolute atomic E-state index is 12.9. The Kier molecular flexibility index (Phi) is 5.95. The van der Waals surface area contributed by atoms with Gasteiger partial charge in [-0.1, -0.05) is 13.0 Å². The zero-order valence-electron chi connectivity index (χ0n) is 20.3. The normalized spacial score (nSPS) is 26.3. The highest BCUT2D eigenvalue weighted by Gasteiger charge is 2.50. The molecule has 3 aliphatic rings. The van der Waals surface area contributed by atoms with Crippen molar-refractivity contribution in [2.45, 2.75) is 46.5 Å². The highest BCUT2D eigenvalue weighted by Crippen LogP contribution is 2.42. The standard InChI is InChI=1S/C28H30N2O5/c1-16-4-9-23-24(13-16)27(33)30(26(23)32)20-5-7-22(8-6-20)35-28(34)19-14-25(31)29(15-19)21-11-17(2)10-18(3)12-21/h5-8,10-12,16,19,23-24H,4,9,13-15H2,1-3H3/t16-,19+,23+,24+/m0/s1. The predicted octanol–water partition coefficient (Wildman–Crippen LogP) is 4.19. The topological polar surface area (TPSA) is 84.0 Å². The van der Waals surface area contributed by atoms with Gasteiger partial charge >= 0.3 is 5.97 Å². The van der Waals surface area contributed by atoms with Crippen LogP contribution in [0.4, 0.5) is 11.4 Å². The maximum atomic E-state index is 12.9. The van der Waals surface area contributed by atoms with Gasteiger partial charge in [-0.2, -0.15) is 0 Å². The number of esters is 1. The first kappa shape index (κ1) is 23.3. The molecule has 4 atom stereocenters. The third-order valence-corrected chi connectivity index (χ3v) is 7.48. The fourth-order valence-electron chi connectivity index (χ4n) is 5.73. The monoisotopic (exact) mass is 474 g/mol. The third-order valence-electron chi connectivity index (χ3n) is 7.48. The molecule has 7 heteroatoms. The molecule has 1 aliphatic carbocycles. The molecule has 2 aliphatic heterocycles. The van der Waals surface area contributed by atoms with Gasteiger partial charge in [0.25, 0.3) is 0 Å². The van der Waals surface area contributed by atoms with Gasteiger partial charge in [-0.3, -0.25) is 24.1 Å². The van der Waals surface area contributed by atoms with Crippen molar-refractivity contribution >= 4 is 35.1 Å². The van der Waals surface area contributed by atoms with E-state index < -0.39 is 11.9 Å². The molecule has 0 spiro atoms. The highest BCUT2D eigenvalue weighted by atomic mass is 16.5. The van der Waals surface area contributed by atoms with Crippen molar-refractivity contribution in [3.63, 3.8) is 0 Å². The number of benzene rings is 2. The third kappa shape index (κ3) is 4.35. The fourth-order valence-corrected chi connectivity index (χ4v) is 5.73. The van der Waals surface area contributed by atoms with Crippen molar-refractivity contribution in [2.24, 2.45) is 23.7 Å². The van der Waals surface area contributed by atoms with E-state index in [4.69, 9.17) is 4.74 Å². The Bertz CT molecular complexity index is 1180. The quantitative estimate of drug-likeness (QED) is 0.377. The Hall–Kier alpha value is -3.48. The molecule has 2 saturated heterocycles. The second-order valence-electron chi connectivity index (χ2n) is 10.3. The molecule has 182 valence electrons. The van der Waals surface area contributed by atoms with Crippen LogP contribution in [0, 0.1) is 37.5 Å². The molecule has 0 unspecified atom stereocenters. The van der Waals surface area contributed by atoms with E-state index in [1.165, 1.54) is 4.90 Å². The zero-order chi connectivity index (χ0) is 24.9. The summed E-state index contributed by atoms with van der Waals surface area (Å²) in [5, 5.41) is 0. The van der Waals surface area contributed by atoms with Gasteiger partial charge in [0.2, 0.25) is 17.7 Å². The summed E-state index contributed by atoms with van der Waals surface area (Å²) < 4.78 is 5.55.